The van der Waals surface area contributed by atoms with Crippen LogP contribution in [0.1, 0.15) is 46.5 Å². The van der Waals surface area contributed by atoms with E-state index in [4.69, 9.17) is 4.74 Å². The third kappa shape index (κ3) is 4.28. The number of amides is 2. The Balaban J connectivity index is 2.28. The molecule has 0 aliphatic carbocycles. The number of aromatic amines is 1. The van der Waals surface area contributed by atoms with E-state index in [1.54, 1.807) is 6.07 Å². The lowest BCUT2D eigenvalue weighted by atomic mass is 10.1. The number of aromatic nitrogens is 1. The van der Waals surface area contributed by atoms with Crippen molar-refractivity contribution in [1.82, 2.24) is 15.6 Å². The molecule has 2 rings (SSSR count). The molecule has 1 aromatic heterocycles. The predicted molar refractivity (Wildman–Crippen MR) is 100 cm³/mol. The minimum absolute atomic E-state index is 0.233. The van der Waals surface area contributed by atoms with Gasteiger partial charge in [-0.05, 0) is 54.1 Å². The molecule has 7 heteroatoms. The van der Waals surface area contributed by atoms with Crippen LogP contribution in [0.3, 0.4) is 0 Å². The summed E-state index contributed by atoms with van der Waals surface area (Å²) in [6, 6.07) is 9.49. The van der Waals surface area contributed by atoms with Gasteiger partial charge < -0.3 is 20.4 Å². The number of ether oxygens (including phenoxy) is 1. The van der Waals surface area contributed by atoms with Crippen molar-refractivity contribution in [2.24, 2.45) is 0 Å². The fraction of sp³-hybridized carbons (Fsp3) is 0.294. The zero-order chi connectivity index (χ0) is 17.7. The third-order valence-corrected chi connectivity index (χ3v) is 4.18. The van der Waals surface area contributed by atoms with Crippen LogP contribution < -0.4 is 15.4 Å². The Morgan fingerprint density at radius 1 is 1.25 bits per heavy atom. The van der Waals surface area contributed by atoms with Crippen LogP contribution >= 0.6 is 22.6 Å². The van der Waals surface area contributed by atoms with Gasteiger partial charge in [-0.2, -0.15) is 0 Å². The summed E-state index contributed by atoms with van der Waals surface area (Å²) < 4.78 is 7.06. The first-order valence-electron chi connectivity index (χ1n) is 7.61. The summed E-state index contributed by atoms with van der Waals surface area (Å²) in [4.78, 5) is 26.9. The number of H-pyrrole nitrogens is 1. The minimum Gasteiger partial charge on any atom is -0.484 e. The molecule has 0 unspecified atom stereocenters. The van der Waals surface area contributed by atoms with Gasteiger partial charge in [0.05, 0.1) is 0 Å². The van der Waals surface area contributed by atoms with Gasteiger partial charge in [-0.15, -0.1) is 0 Å². The standard InChI is InChI=1S/C17H20IN3O3/c1-4-20-16(22)13-9-14(15(21-13)17(23)19-3)24-10(2)11-5-7-12(18)8-6-11/h5-10,21H,4H2,1-3H3,(H,19,23)(H,20,22)/t10-/m0/s1. The molecule has 2 aromatic rings. The predicted octanol–water partition coefficient (Wildman–Crippen LogP) is 2.87. The highest BCUT2D eigenvalue weighted by Gasteiger charge is 2.21. The Morgan fingerprint density at radius 3 is 2.50 bits per heavy atom. The van der Waals surface area contributed by atoms with Gasteiger partial charge in [0.2, 0.25) is 0 Å². The SMILES string of the molecule is CCNC(=O)c1cc(O[C@@H](C)c2ccc(I)cc2)c(C(=O)NC)[nH]1. The first kappa shape index (κ1) is 18.3. The molecule has 1 atom stereocenters. The molecule has 1 heterocycles. The van der Waals surface area contributed by atoms with Gasteiger partial charge in [0.15, 0.2) is 5.75 Å². The molecule has 2 amide bonds. The molecular weight excluding hydrogens is 421 g/mol. The molecule has 0 saturated heterocycles. The third-order valence-electron chi connectivity index (χ3n) is 3.46. The molecule has 0 aliphatic heterocycles. The number of rotatable bonds is 6. The van der Waals surface area contributed by atoms with Crippen molar-refractivity contribution in [2.75, 3.05) is 13.6 Å². The molecule has 0 bridgehead atoms. The topological polar surface area (TPSA) is 83.2 Å². The number of halogens is 1. The lowest BCUT2D eigenvalue weighted by molar-refractivity contribution is 0.0951. The molecule has 0 aliphatic rings. The average molecular weight is 441 g/mol. The second-order valence-electron chi connectivity index (χ2n) is 5.17. The molecule has 6 nitrogen and oxygen atoms in total. The van der Waals surface area contributed by atoms with Crippen LogP contribution in [-0.4, -0.2) is 30.4 Å². The highest BCUT2D eigenvalue weighted by Crippen LogP contribution is 2.27. The van der Waals surface area contributed by atoms with E-state index >= 15 is 0 Å². The summed E-state index contributed by atoms with van der Waals surface area (Å²) in [6.07, 6.45) is -0.261. The molecule has 128 valence electrons. The number of carbonyl (C=O) groups excluding carboxylic acids is 2. The first-order valence-corrected chi connectivity index (χ1v) is 8.69. The van der Waals surface area contributed by atoms with E-state index in [1.165, 1.54) is 7.05 Å². The zero-order valence-electron chi connectivity index (χ0n) is 13.8. The Morgan fingerprint density at radius 2 is 1.92 bits per heavy atom. The highest BCUT2D eigenvalue weighted by atomic mass is 127. The van der Waals surface area contributed by atoms with Crippen LogP contribution in [0, 0.1) is 3.57 Å². The summed E-state index contributed by atoms with van der Waals surface area (Å²) in [5, 5.41) is 5.24. The molecule has 0 fully saturated rings. The summed E-state index contributed by atoms with van der Waals surface area (Å²) in [6.45, 7) is 4.23. The molecule has 0 spiro atoms. The van der Waals surface area contributed by atoms with Crippen molar-refractivity contribution >= 4 is 34.4 Å². The number of hydrogen-bond donors (Lipinski definition) is 3. The fourth-order valence-corrected chi connectivity index (χ4v) is 2.55. The summed E-state index contributed by atoms with van der Waals surface area (Å²) in [5.74, 6) is -0.267. The van der Waals surface area contributed by atoms with E-state index in [2.05, 4.69) is 38.2 Å². The smallest absolute Gasteiger partial charge is 0.271 e. The van der Waals surface area contributed by atoms with E-state index in [-0.39, 0.29) is 23.6 Å². The molecule has 0 saturated carbocycles. The minimum atomic E-state index is -0.338. The molecule has 3 N–H and O–H groups in total. The van der Waals surface area contributed by atoms with Crippen LogP contribution in [0.15, 0.2) is 30.3 Å². The van der Waals surface area contributed by atoms with Crippen LogP contribution in [0.5, 0.6) is 5.75 Å². The Hall–Kier alpha value is -2.03. The van der Waals surface area contributed by atoms with Gasteiger partial charge in [-0.25, -0.2) is 0 Å². The number of carbonyl (C=O) groups is 2. The van der Waals surface area contributed by atoms with Gasteiger partial charge in [-0.1, -0.05) is 12.1 Å². The normalized spacial score (nSPS) is 11.7. The zero-order valence-corrected chi connectivity index (χ0v) is 15.9. The Labute approximate surface area is 154 Å². The first-order chi connectivity index (χ1) is 11.5. The van der Waals surface area contributed by atoms with Crippen molar-refractivity contribution in [3.8, 4) is 5.75 Å². The van der Waals surface area contributed by atoms with Crippen molar-refractivity contribution in [2.45, 2.75) is 20.0 Å². The van der Waals surface area contributed by atoms with E-state index in [0.717, 1.165) is 9.13 Å². The lowest BCUT2D eigenvalue weighted by Crippen LogP contribution is -2.23. The molecular formula is C17H20IN3O3. The number of benzene rings is 1. The molecule has 1 aromatic carbocycles. The fourth-order valence-electron chi connectivity index (χ4n) is 2.19. The molecule has 0 radical (unpaired) electrons. The number of nitrogens with one attached hydrogen (secondary N) is 3. The largest absolute Gasteiger partial charge is 0.484 e. The van der Waals surface area contributed by atoms with Gasteiger partial charge in [0, 0.05) is 23.2 Å². The summed E-state index contributed by atoms with van der Waals surface area (Å²) in [7, 11) is 1.53. The van der Waals surface area contributed by atoms with E-state index in [1.807, 2.05) is 38.1 Å². The van der Waals surface area contributed by atoms with Crippen molar-refractivity contribution in [3.05, 3.63) is 50.9 Å². The van der Waals surface area contributed by atoms with Gasteiger partial charge in [0.1, 0.15) is 17.5 Å². The Bertz CT molecular complexity index is 725. The second-order valence-corrected chi connectivity index (χ2v) is 6.42. The highest BCUT2D eigenvalue weighted by molar-refractivity contribution is 14.1. The van der Waals surface area contributed by atoms with Crippen LogP contribution in [-0.2, 0) is 0 Å². The van der Waals surface area contributed by atoms with Crippen LogP contribution in [0.2, 0.25) is 0 Å². The van der Waals surface area contributed by atoms with Crippen molar-refractivity contribution in [3.63, 3.8) is 0 Å². The monoisotopic (exact) mass is 441 g/mol. The quantitative estimate of drug-likeness (QED) is 0.603. The van der Waals surface area contributed by atoms with Crippen molar-refractivity contribution in [1.29, 1.82) is 0 Å². The maximum atomic E-state index is 12.0. The van der Waals surface area contributed by atoms with Gasteiger partial charge in [0.25, 0.3) is 11.8 Å². The average Bonchev–Trinajstić information content (AvgIpc) is 2.99. The second kappa shape index (κ2) is 8.18. The van der Waals surface area contributed by atoms with Gasteiger partial charge in [-0.3, -0.25) is 9.59 Å². The molecule has 24 heavy (non-hydrogen) atoms. The maximum absolute atomic E-state index is 12.0. The lowest BCUT2D eigenvalue weighted by Gasteiger charge is -2.15. The van der Waals surface area contributed by atoms with Crippen molar-refractivity contribution < 1.29 is 14.3 Å². The number of hydrogen-bond acceptors (Lipinski definition) is 3. The van der Waals surface area contributed by atoms with E-state index < -0.39 is 0 Å². The maximum Gasteiger partial charge on any atom is 0.271 e. The van der Waals surface area contributed by atoms with E-state index in [9.17, 15) is 9.59 Å². The Kier molecular flexibility index (Phi) is 6.24. The van der Waals surface area contributed by atoms with E-state index in [0.29, 0.717) is 18.0 Å². The summed E-state index contributed by atoms with van der Waals surface area (Å²) in [5.41, 5.74) is 1.51. The summed E-state index contributed by atoms with van der Waals surface area (Å²) >= 11 is 2.24. The van der Waals surface area contributed by atoms with Crippen LogP contribution in [0.25, 0.3) is 0 Å². The van der Waals surface area contributed by atoms with Crippen LogP contribution in [0.4, 0.5) is 0 Å². The van der Waals surface area contributed by atoms with Gasteiger partial charge >= 0.3 is 0 Å².